The molecule has 1 aliphatic heterocycles. The van der Waals surface area contributed by atoms with Gasteiger partial charge in [0, 0.05) is 4.47 Å². The Hall–Kier alpha value is -3.10. The number of aliphatic carboxylic acids is 1. The summed E-state index contributed by atoms with van der Waals surface area (Å²) in [6, 6.07) is 13.8. The van der Waals surface area contributed by atoms with Crippen molar-refractivity contribution >= 4 is 50.9 Å². The van der Waals surface area contributed by atoms with Crippen molar-refractivity contribution in [3.63, 3.8) is 0 Å². The number of fused-ring (bicyclic) bond motifs is 1. The van der Waals surface area contributed by atoms with Crippen LogP contribution in [-0.2, 0) is 4.79 Å². The van der Waals surface area contributed by atoms with E-state index >= 15 is 0 Å². The summed E-state index contributed by atoms with van der Waals surface area (Å²) in [4.78, 5) is 24.5. The molecular formula is C20H14BrClN4O3. The van der Waals surface area contributed by atoms with Crippen molar-refractivity contribution < 1.29 is 14.7 Å². The lowest BCUT2D eigenvalue weighted by atomic mass is 10.0. The Morgan fingerprint density at radius 1 is 1.17 bits per heavy atom. The molecule has 29 heavy (non-hydrogen) atoms. The standard InChI is InChI=1S/C20H14BrClN4O3/c21-13-6-2-1-5-11(13)17-9-16(20(28)29)24-18-12(10-23-26(17)18)19(27)25-15-8-4-3-7-14(15)22/h1-10,17,24H,(H,25,27)(H,28,29)/t17-/m0/s1. The highest BCUT2D eigenvalue weighted by atomic mass is 79.9. The number of carbonyl (C=O) groups is 2. The summed E-state index contributed by atoms with van der Waals surface area (Å²) in [6.45, 7) is 0. The van der Waals surface area contributed by atoms with Crippen LogP contribution in [0, 0.1) is 0 Å². The molecule has 3 N–H and O–H groups in total. The lowest BCUT2D eigenvalue weighted by Crippen LogP contribution is -2.25. The summed E-state index contributed by atoms with van der Waals surface area (Å²) in [7, 11) is 0. The number of carboxylic acid groups (broad SMARTS) is 1. The molecule has 7 nitrogen and oxygen atoms in total. The Morgan fingerprint density at radius 3 is 2.62 bits per heavy atom. The summed E-state index contributed by atoms with van der Waals surface area (Å²) in [6.07, 6.45) is 2.95. The number of benzene rings is 2. The normalized spacial score (nSPS) is 15.1. The van der Waals surface area contributed by atoms with Gasteiger partial charge in [0.2, 0.25) is 0 Å². The highest BCUT2D eigenvalue weighted by Gasteiger charge is 2.30. The number of allylic oxidation sites excluding steroid dienone is 1. The Balaban J connectivity index is 1.75. The molecule has 0 fully saturated rings. The van der Waals surface area contributed by atoms with Crippen molar-refractivity contribution in [2.24, 2.45) is 0 Å². The third kappa shape index (κ3) is 3.64. The molecule has 0 radical (unpaired) electrons. The zero-order valence-corrected chi connectivity index (χ0v) is 17.1. The van der Waals surface area contributed by atoms with E-state index in [9.17, 15) is 14.7 Å². The topological polar surface area (TPSA) is 96.2 Å². The first-order chi connectivity index (χ1) is 14.0. The number of nitrogens with one attached hydrogen (secondary N) is 2. The van der Waals surface area contributed by atoms with E-state index in [1.54, 1.807) is 35.0 Å². The van der Waals surface area contributed by atoms with E-state index in [0.717, 1.165) is 10.0 Å². The Kier molecular flexibility index (Phi) is 5.12. The van der Waals surface area contributed by atoms with Crippen molar-refractivity contribution in [2.45, 2.75) is 6.04 Å². The zero-order valence-electron chi connectivity index (χ0n) is 14.8. The molecule has 2 aromatic carbocycles. The number of anilines is 2. The highest BCUT2D eigenvalue weighted by molar-refractivity contribution is 9.10. The van der Waals surface area contributed by atoms with E-state index in [1.165, 1.54) is 6.20 Å². The van der Waals surface area contributed by atoms with Gasteiger partial charge in [-0.1, -0.05) is 57.9 Å². The van der Waals surface area contributed by atoms with Crippen molar-refractivity contribution in [2.75, 3.05) is 10.6 Å². The van der Waals surface area contributed by atoms with Crippen LogP contribution in [0.3, 0.4) is 0 Å². The number of amides is 1. The predicted octanol–water partition coefficient (Wildman–Crippen LogP) is 4.53. The summed E-state index contributed by atoms with van der Waals surface area (Å²) in [5.41, 5.74) is 1.43. The fraction of sp³-hybridized carbons (Fsp3) is 0.0500. The maximum Gasteiger partial charge on any atom is 0.352 e. The first-order valence-electron chi connectivity index (χ1n) is 8.55. The third-order valence-electron chi connectivity index (χ3n) is 4.46. The monoisotopic (exact) mass is 472 g/mol. The van der Waals surface area contributed by atoms with Crippen LogP contribution in [0.5, 0.6) is 0 Å². The first kappa shape index (κ1) is 19.2. The molecule has 3 aromatic rings. The van der Waals surface area contributed by atoms with E-state index < -0.39 is 17.9 Å². The van der Waals surface area contributed by atoms with E-state index in [2.05, 4.69) is 31.7 Å². The number of aromatic nitrogens is 2. The molecule has 0 unspecified atom stereocenters. The summed E-state index contributed by atoms with van der Waals surface area (Å²) >= 11 is 9.61. The summed E-state index contributed by atoms with van der Waals surface area (Å²) in [5.74, 6) is -1.30. The minimum Gasteiger partial charge on any atom is -0.477 e. The molecule has 0 bridgehead atoms. The maximum absolute atomic E-state index is 12.8. The predicted molar refractivity (Wildman–Crippen MR) is 113 cm³/mol. The second-order valence-corrected chi connectivity index (χ2v) is 7.52. The van der Waals surface area contributed by atoms with Crippen molar-refractivity contribution in [3.05, 3.63) is 87.1 Å². The van der Waals surface area contributed by atoms with Gasteiger partial charge in [-0.25, -0.2) is 9.48 Å². The van der Waals surface area contributed by atoms with Gasteiger partial charge in [0.05, 0.1) is 16.9 Å². The molecule has 0 saturated carbocycles. The van der Waals surface area contributed by atoms with E-state index in [4.69, 9.17) is 11.6 Å². The van der Waals surface area contributed by atoms with Gasteiger partial charge in [-0.3, -0.25) is 4.79 Å². The van der Waals surface area contributed by atoms with Crippen LogP contribution in [0.1, 0.15) is 22.0 Å². The maximum atomic E-state index is 12.8. The molecule has 2 heterocycles. The number of rotatable bonds is 4. The molecule has 0 spiro atoms. The van der Waals surface area contributed by atoms with Crippen LogP contribution in [-0.4, -0.2) is 26.8 Å². The number of hydrogen-bond donors (Lipinski definition) is 3. The molecule has 1 atom stereocenters. The Bertz CT molecular complexity index is 1160. The fourth-order valence-electron chi connectivity index (χ4n) is 3.08. The number of hydrogen-bond acceptors (Lipinski definition) is 4. The van der Waals surface area contributed by atoms with Crippen LogP contribution in [0.25, 0.3) is 0 Å². The van der Waals surface area contributed by atoms with Crippen LogP contribution in [0.4, 0.5) is 11.5 Å². The van der Waals surface area contributed by atoms with Gasteiger partial charge in [-0.15, -0.1) is 0 Å². The average molecular weight is 474 g/mol. The fourth-order valence-corrected chi connectivity index (χ4v) is 3.78. The van der Waals surface area contributed by atoms with Gasteiger partial charge < -0.3 is 15.7 Å². The third-order valence-corrected chi connectivity index (χ3v) is 5.51. The number of halogens is 2. The van der Waals surface area contributed by atoms with Gasteiger partial charge in [0.15, 0.2) is 0 Å². The SMILES string of the molecule is O=C(O)C1=C[C@@H](c2ccccc2Br)n2ncc(C(=O)Nc3ccccc3Cl)c2N1. The number of nitrogens with zero attached hydrogens (tertiary/aromatic N) is 2. The minimum atomic E-state index is -1.13. The Morgan fingerprint density at radius 2 is 1.90 bits per heavy atom. The molecule has 1 aliphatic rings. The van der Waals surface area contributed by atoms with Crippen LogP contribution < -0.4 is 10.6 Å². The number of para-hydroxylation sites is 1. The van der Waals surface area contributed by atoms with E-state index in [-0.39, 0.29) is 17.1 Å². The van der Waals surface area contributed by atoms with Crippen LogP contribution in [0.15, 0.2) is 71.0 Å². The summed E-state index contributed by atoms with van der Waals surface area (Å²) in [5, 5.41) is 19.8. The smallest absolute Gasteiger partial charge is 0.352 e. The lowest BCUT2D eigenvalue weighted by Gasteiger charge is -2.25. The molecular weight excluding hydrogens is 460 g/mol. The van der Waals surface area contributed by atoms with Crippen molar-refractivity contribution in [3.8, 4) is 0 Å². The molecule has 0 saturated heterocycles. The molecule has 4 rings (SSSR count). The highest BCUT2D eigenvalue weighted by Crippen LogP contribution is 2.35. The van der Waals surface area contributed by atoms with E-state index in [1.807, 2.05) is 24.3 Å². The average Bonchev–Trinajstić information content (AvgIpc) is 3.13. The second kappa shape index (κ2) is 7.73. The molecule has 1 aromatic heterocycles. The largest absolute Gasteiger partial charge is 0.477 e. The van der Waals surface area contributed by atoms with Crippen LogP contribution in [0.2, 0.25) is 5.02 Å². The van der Waals surface area contributed by atoms with Gasteiger partial charge >= 0.3 is 5.97 Å². The summed E-state index contributed by atoms with van der Waals surface area (Å²) < 4.78 is 2.38. The lowest BCUT2D eigenvalue weighted by molar-refractivity contribution is -0.132. The molecule has 0 aliphatic carbocycles. The first-order valence-corrected chi connectivity index (χ1v) is 9.72. The Labute approximate surface area is 179 Å². The molecule has 1 amide bonds. The number of carbonyl (C=O) groups excluding carboxylic acids is 1. The van der Waals surface area contributed by atoms with Gasteiger partial charge in [-0.05, 0) is 29.8 Å². The molecule has 146 valence electrons. The number of carboxylic acids is 1. The van der Waals surface area contributed by atoms with Crippen LogP contribution >= 0.6 is 27.5 Å². The van der Waals surface area contributed by atoms with Gasteiger partial charge in [0.1, 0.15) is 23.1 Å². The second-order valence-electron chi connectivity index (χ2n) is 6.26. The van der Waals surface area contributed by atoms with Crippen molar-refractivity contribution in [1.82, 2.24) is 9.78 Å². The van der Waals surface area contributed by atoms with Gasteiger partial charge in [0.25, 0.3) is 5.91 Å². The minimum absolute atomic E-state index is 0.0365. The quantitative estimate of drug-likeness (QED) is 0.517. The molecule has 9 heteroatoms. The van der Waals surface area contributed by atoms with Gasteiger partial charge in [-0.2, -0.15) is 5.10 Å². The van der Waals surface area contributed by atoms with E-state index in [0.29, 0.717) is 10.7 Å². The zero-order chi connectivity index (χ0) is 20.5. The van der Waals surface area contributed by atoms with Crippen molar-refractivity contribution in [1.29, 1.82) is 0 Å².